The first-order valence-corrected chi connectivity index (χ1v) is 7.24. The summed E-state index contributed by atoms with van der Waals surface area (Å²) in [5.41, 5.74) is 1.64. The molecule has 0 unspecified atom stereocenters. The molecule has 4 N–H and O–H groups in total. The summed E-state index contributed by atoms with van der Waals surface area (Å²) in [6.07, 6.45) is 4.40. The van der Waals surface area contributed by atoms with Crippen LogP contribution in [-0.2, 0) is 11.3 Å². The van der Waals surface area contributed by atoms with E-state index in [0.717, 1.165) is 24.1 Å². The van der Waals surface area contributed by atoms with Crippen LogP contribution in [0.15, 0.2) is 24.3 Å². The zero-order valence-corrected chi connectivity index (χ0v) is 13.5. The first-order chi connectivity index (χ1) is 10.0. The van der Waals surface area contributed by atoms with Gasteiger partial charge in [0, 0.05) is 18.7 Å². The topological polar surface area (TPSA) is 87.5 Å². The largest absolute Gasteiger partial charge is 0.334 e. The smallest absolute Gasteiger partial charge is 0.332 e. The molecule has 1 aliphatic carbocycles. The number of urea groups is 1. The lowest BCUT2D eigenvalue weighted by Gasteiger charge is -2.20. The van der Waals surface area contributed by atoms with Crippen LogP contribution in [0.1, 0.15) is 38.2 Å². The van der Waals surface area contributed by atoms with Crippen molar-refractivity contribution in [1.82, 2.24) is 10.3 Å². The van der Waals surface area contributed by atoms with Crippen LogP contribution in [0.3, 0.4) is 0 Å². The molecule has 1 saturated carbocycles. The average molecular weight is 327 g/mol. The molecule has 0 aliphatic heterocycles. The van der Waals surface area contributed by atoms with E-state index in [4.69, 9.17) is 5.84 Å². The third-order valence-corrected chi connectivity index (χ3v) is 3.57. The van der Waals surface area contributed by atoms with Crippen molar-refractivity contribution in [3.63, 3.8) is 0 Å². The predicted molar refractivity (Wildman–Crippen MR) is 88.5 cm³/mol. The van der Waals surface area contributed by atoms with E-state index in [9.17, 15) is 9.59 Å². The molecule has 0 heterocycles. The maximum atomic E-state index is 11.9. The second-order valence-electron chi connectivity index (χ2n) is 5.44. The highest BCUT2D eigenvalue weighted by atomic mass is 35.5. The van der Waals surface area contributed by atoms with Crippen molar-refractivity contribution in [3.8, 4) is 0 Å². The molecule has 0 atom stereocenters. The molecule has 2 rings (SSSR count). The first-order valence-electron chi connectivity index (χ1n) is 7.24. The number of hydrazine groups is 1. The van der Waals surface area contributed by atoms with Crippen LogP contribution in [0.4, 0.5) is 10.5 Å². The number of anilines is 1. The molecule has 0 spiro atoms. The number of rotatable bonds is 4. The van der Waals surface area contributed by atoms with Gasteiger partial charge >= 0.3 is 6.03 Å². The summed E-state index contributed by atoms with van der Waals surface area (Å²) in [5, 5.41) is 6.82. The fourth-order valence-corrected chi connectivity index (χ4v) is 2.49. The molecular formula is C15H23ClN4O2. The summed E-state index contributed by atoms with van der Waals surface area (Å²) in [7, 11) is 0. The fraction of sp³-hybridized carbons (Fsp3) is 0.467. The zero-order valence-electron chi connectivity index (χ0n) is 12.7. The van der Waals surface area contributed by atoms with Crippen molar-refractivity contribution in [2.24, 2.45) is 5.84 Å². The van der Waals surface area contributed by atoms with Gasteiger partial charge in [-0.25, -0.2) is 10.6 Å². The quantitative estimate of drug-likeness (QED) is 0.451. The van der Waals surface area contributed by atoms with Crippen molar-refractivity contribution < 1.29 is 9.59 Å². The molecule has 122 valence electrons. The molecule has 3 amide bonds. The number of carbonyl (C=O) groups is 2. The van der Waals surface area contributed by atoms with Crippen LogP contribution in [0.25, 0.3) is 0 Å². The van der Waals surface area contributed by atoms with E-state index in [1.807, 2.05) is 12.1 Å². The first kappa shape index (κ1) is 18.3. The number of nitrogens with two attached hydrogens (primary N) is 1. The SMILES string of the molecule is CC(=O)Nc1ccc(CN(N)C(=O)NC2CCCC2)cc1.Cl. The van der Waals surface area contributed by atoms with Gasteiger partial charge in [-0.1, -0.05) is 25.0 Å². The molecule has 7 heteroatoms. The molecule has 1 aliphatic rings. The molecule has 0 bridgehead atoms. The van der Waals surface area contributed by atoms with Gasteiger partial charge in [0.2, 0.25) is 5.91 Å². The Morgan fingerprint density at radius 2 is 1.82 bits per heavy atom. The summed E-state index contributed by atoms with van der Waals surface area (Å²) in [4.78, 5) is 22.9. The normalized spacial score (nSPS) is 14.1. The Balaban J connectivity index is 0.00000242. The highest BCUT2D eigenvalue weighted by Crippen LogP contribution is 2.18. The minimum atomic E-state index is -0.243. The lowest BCUT2D eigenvalue weighted by molar-refractivity contribution is -0.114. The summed E-state index contributed by atoms with van der Waals surface area (Å²) in [6, 6.07) is 7.28. The van der Waals surface area contributed by atoms with Gasteiger partial charge in [0.15, 0.2) is 0 Å². The number of nitrogens with one attached hydrogen (secondary N) is 2. The van der Waals surface area contributed by atoms with E-state index >= 15 is 0 Å². The minimum absolute atomic E-state index is 0. The molecule has 6 nitrogen and oxygen atoms in total. The lowest BCUT2D eigenvalue weighted by atomic mass is 10.2. The molecule has 0 aromatic heterocycles. The number of nitrogens with zero attached hydrogens (tertiary/aromatic N) is 1. The van der Waals surface area contributed by atoms with Crippen molar-refractivity contribution in [1.29, 1.82) is 0 Å². The van der Waals surface area contributed by atoms with Crippen molar-refractivity contribution in [3.05, 3.63) is 29.8 Å². The predicted octanol–water partition coefficient (Wildman–Crippen LogP) is 2.39. The van der Waals surface area contributed by atoms with Gasteiger partial charge in [-0.2, -0.15) is 0 Å². The van der Waals surface area contributed by atoms with E-state index in [1.165, 1.54) is 24.8 Å². The number of benzene rings is 1. The van der Waals surface area contributed by atoms with Crippen LogP contribution in [-0.4, -0.2) is 23.0 Å². The highest BCUT2D eigenvalue weighted by molar-refractivity contribution is 5.88. The fourth-order valence-electron chi connectivity index (χ4n) is 2.49. The molecule has 1 aromatic rings. The van der Waals surface area contributed by atoms with Gasteiger partial charge in [-0.05, 0) is 30.5 Å². The average Bonchev–Trinajstić information content (AvgIpc) is 2.93. The van der Waals surface area contributed by atoms with E-state index < -0.39 is 0 Å². The maximum absolute atomic E-state index is 11.9. The number of amides is 3. The van der Waals surface area contributed by atoms with E-state index in [0.29, 0.717) is 6.54 Å². The summed E-state index contributed by atoms with van der Waals surface area (Å²) >= 11 is 0. The van der Waals surface area contributed by atoms with Crippen LogP contribution in [0, 0.1) is 0 Å². The summed E-state index contributed by atoms with van der Waals surface area (Å²) in [6.45, 7) is 1.79. The van der Waals surface area contributed by atoms with Crippen LogP contribution >= 0.6 is 12.4 Å². The zero-order chi connectivity index (χ0) is 15.2. The Labute approximate surface area is 136 Å². The lowest BCUT2D eigenvalue weighted by Crippen LogP contribution is -2.47. The third-order valence-electron chi connectivity index (χ3n) is 3.57. The van der Waals surface area contributed by atoms with Gasteiger partial charge in [-0.15, -0.1) is 12.4 Å². The van der Waals surface area contributed by atoms with E-state index in [2.05, 4.69) is 10.6 Å². The Hall–Kier alpha value is -1.79. The van der Waals surface area contributed by atoms with Crippen LogP contribution in [0.5, 0.6) is 0 Å². The maximum Gasteiger partial charge on any atom is 0.332 e. The minimum Gasteiger partial charge on any atom is -0.334 e. The van der Waals surface area contributed by atoms with Crippen molar-refractivity contribution in [2.45, 2.75) is 45.2 Å². The number of carbonyl (C=O) groups excluding carboxylic acids is 2. The summed E-state index contributed by atoms with van der Waals surface area (Å²) in [5.74, 6) is 5.69. The van der Waals surface area contributed by atoms with Crippen molar-refractivity contribution >= 4 is 30.0 Å². The van der Waals surface area contributed by atoms with Gasteiger partial charge in [0.05, 0.1) is 6.54 Å². The molecule has 1 aromatic carbocycles. The number of halogens is 1. The van der Waals surface area contributed by atoms with Crippen LogP contribution in [0.2, 0.25) is 0 Å². The summed E-state index contributed by atoms with van der Waals surface area (Å²) < 4.78 is 0. The van der Waals surface area contributed by atoms with E-state index in [-0.39, 0.29) is 30.4 Å². The van der Waals surface area contributed by atoms with Gasteiger partial charge in [-0.3, -0.25) is 9.80 Å². The van der Waals surface area contributed by atoms with Gasteiger partial charge in [0.25, 0.3) is 0 Å². The van der Waals surface area contributed by atoms with Gasteiger partial charge < -0.3 is 10.6 Å². The standard InChI is InChI=1S/C15H22N4O2.ClH/c1-11(20)17-14-8-6-12(7-9-14)10-19(16)15(21)18-13-4-2-3-5-13;/h6-9,13H,2-5,10,16H2,1H3,(H,17,20)(H,18,21);1H. The number of hydrogen-bond donors (Lipinski definition) is 3. The Morgan fingerprint density at radius 1 is 1.23 bits per heavy atom. The van der Waals surface area contributed by atoms with E-state index in [1.54, 1.807) is 12.1 Å². The van der Waals surface area contributed by atoms with Crippen LogP contribution < -0.4 is 16.5 Å². The second-order valence-corrected chi connectivity index (χ2v) is 5.44. The highest BCUT2D eigenvalue weighted by Gasteiger charge is 2.19. The number of hydrogen-bond acceptors (Lipinski definition) is 3. The van der Waals surface area contributed by atoms with Gasteiger partial charge in [0.1, 0.15) is 0 Å². The molecule has 0 radical (unpaired) electrons. The third kappa shape index (κ3) is 5.54. The van der Waals surface area contributed by atoms with Crippen molar-refractivity contribution in [2.75, 3.05) is 5.32 Å². The Bertz CT molecular complexity index is 501. The Morgan fingerprint density at radius 3 is 2.36 bits per heavy atom. The molecular weight excluding hydrogens is 304 g/mol. The Kier molecular flexibility index (Phi) is 7.14. The molecule has 22 heavy (non-hydrogen) atoms. The molecule has 1 fully saturated rings. The monoisotopic (exact) mass is 326 g/mol. The second kappa shape index (κ2) is 8.60. The molecule has 0 saturated heterocycles.